The topological polar surface area (TPSA) is 41.6 Å². The number of amides is 1. The average Bonchev–Trinajstić information content (AvgIpc) is 2.38. The molecule has 0 bridgehead atoms. The van der Waals surface area contributed by atoms with Gasteiger partial charge in [0.2, 0.25) is 5.91 Å². The number of hydrogen-bond donors (Lipinski definition) is 1. The number of rotatable bonds is 6. The van der Waals surface area contributed by atoms with Crippen molar-refractivity contribution in [2.24, 2.45) is 0 Å². The lowest BCUT2D eigenvalue weighted by Gasteiger charge is -2.16. The Kier molecular flexibility index (Phi) is 5.65. The smallest absolute Gasteiger partial charge is 0.223 e. The second kappa shape index (κ2) is 7.01. The Morgan fingerprint density at radius 3 is 2.78 bits per heavy atom. The van der Waals surface area contributed by atoms with E-state index in [9.17, 15) is 4.79 Å². The van der Waals surface area contributed by atoms with E-state index < -0.39 is 0 Å². The first-order valence-electron chi connectivity index (χ1n) is 6.12. The highest BCUT2D eigenvalue weighted by Gasteiger charge is 2.08. The van der Waals surface area contributed by atoms with Crippen molar-refractivity contribution in [2.45, 2.75) is 19.4 Å². The van der Waals surface area contributed by atoms with Crippen LogP contribution < -0.4 is 10.1 Å². The minimum Gasteiger partial charge on any atom is -0.497 e. The van der Waals surface area contributed by atoms with Gasteiger partial charge in [-0.3, -0.25) is 4.79 Å². The predicted molar refractivity (Wildman–Crippen MR) is 72.7 cm³/mol. The molecule has 0 aliphatic rings. The number of nitrogens with zero attached hydrogens (tertiary/aromatic N) is 1. The van der Waals surface area contributed by atoms with Gasteiger partial charge in [0.15, 0.2) is 0 Å². The summed E-state index contributed by atoms with van der Waals surface area (Å²) in [6.07, 6.45) is 0.515. The van der Waals surface area contributed by atoms with Crippen molar-refractivity contribution >= 4 is 5.91 Å². The maximum absolute atomic E-state index is 11.4. The van der Waals surface area contributed by atoms with Gasteiger partial charge in [-0.15, -0.1) is 0 Å². The molecule has 0 aromatic heterocycles. The van der Waals surface area contributed by atoms with Crippen LogP contribution in [0.5, 0.6) is 5.75 Å². The van der Waals surface area contributed by atoms with Gasteiger partial charge < -0.3 is 15.0 Å². The van der Waals surface area contributed by atoms with Gasteiger partial charge in [0.05, 0.1) is 7.11 Å². The Hall–Kier alpha value is -1.55. The van der Waals surface area contributed by atoms with E-state index in [-0.39, 0.29) is 11.9 Å². The third-order valence-corrected chi connectivity index (χ3v) is 2.88. The summed E-state index contributed by atoms with van der Waals surface area (Å²) < 4.78 is 5.19. The SMILES string of the molecule is COc1cccc(C(C)NCCC(=O)N(C)C)c1. The standard InChI is InChI=1S/C14H22N2O2/c1-11(15-9-8-14(17)16(2)3)12-6-5-7-13(10-12)18-4/h5-7,10-11,15H,8-9H2,1-4H3. The fraction of sp³-hybridized carbons (Fsp3) is 0.500. The van der Waals surface area contributed by atoms with E-state index in [0.29, 0.717) is 13.0 Å². The number of benzene rings is 1. The summed E-state index contributed by atoms with van der Waals surface area (Å²) >= 11 is 0. The second-order valence-electron chi connectivity index (χ2n) is 4.49. The maximum atomic E-state index is 11.4. The third kappa shape index (κ3) is 4.37. The Morgan fingerprint density at radius 1 is 1.44 bits per heavy atom. The van der Waals surface area contributed by atoms with E-state index in [4.69, 9.17) is 4.74 Å². The Bertz CT molecular complexity index is 391. The average molecular weight is 250 g/mol. The van der Waals surface area contributed by atoms with Crippen LogP contribution in [0, 0.1) is 0 Å². The molecule has 1 rings (SSSR count). The van der Waals surface area contributed by atoms with Crippen LogP contribution in [0.4, 0.5) is 0 Å². The summed E-state index contributed by atoms with van der Waals surface area (Å²) in [5, 5.41) is 3.33. The predicted octanol–water partition coefficient (Wildman–Crippen LogP) is 1.82. The van der Waals surface area contributed by atoms with Crippen LogP contribution >= 0.6 is 0 Å². The fourth-order valence-electron chi connectivity index (χ4n) is 1.65. The van der Waals surface area contributed by atoms with Gasteiger partial charge in [-0.25, -0.2) is 0 Å². The number of nitrogens with one attached hydrogen (secondary N) is 1. The first-order valence-corrected chi connectivity index (χ1v) is 6.12. The number of hydrogen-bond acceptors (Lipinski definition) is 3. The summed E-state index contributed by atoms with van der Waals surface area (Å²) in [4.78, 5) is 13.0. The highest BCUT2D eigenvalue weighted by atomic mass is 16.5. The normalized spacial score (nSPS) is 12.0. The van der Waals surface area contributed by atoms with Crippen molar-refractivity contribution in [3.05, 3.63) is 29.8 Å². The molecule has 1 aromatic rings. The second-order valence-corrected chi connectivity index (χ2v) is 4.49. The largest absolute Gasteiger partial charge is 0.497 e. The van der Waals surface area contributed by atoms with Crippen LogP contribution in [0.15, 0.2) is 24.3 Å². The zero-order valence-electron chi connectivity index (χ0n) is 11.6. The molecule has 0 radical (unpaired) electrons. The van der Waals surface area contributed by atoms with Crippen molar-refractivity contribution in [1.29, 1.82) is 0 Å². The van der Waals surface area contributed by atoms with Crippen LogP contribution in [-0.2, 0) is 4.79 Å². The molecule has 4 heteroatoms. The van der Waals surface area contributed by atoms with Gasteiger partial charge in [-0.1, -0.05) is 12.1 Å². The molecular formula is C14H22N2O2. The van der Waals surface area contributed by atoms with Gasteiger partial charge in [0.1, 0.15) is 5.75 Å². The summed E-state index contributed by atoms with van der Waals surface area (Å²) in [7, 11) is 5.20. The third-order valence-electron chi connectivity index (χ3n) is 2.88. The van der Waals surface area contributed by atoms with Gasteiger partial charge in [-0.2, -0.15) is 0 Å². The van der Waals surface area contributed by atoms with E-state index in [1.807, 2.05) is 24.3 Å². The number of carbonyl (C=O) groups excluding carboxylic acids is 1. The van der Waals surface area contributed by atoms with Crippen molar-refractivity contribution in [3.8, 4) is 5.75 Å². The monoisotopic (exact) mass is 250 g/mol. The fourth-order valence-corrected chi connectivity index (χ4v) is 1.65. The Labute approximate surface area is 109 Å². The van der Waals surface area contributed by atoms with Crippen molar-refractivity contribution in [2.75, 3.05) is 27.7 Å². The minimum atomic E-state index is 0.139. The molecule has 1 unspecified atom stereocenters. The van der Waals surface area contributed by atoms with Crippen molar-refractivity contribution in [1.82, 2.24) is 10.2 Å². The van der Waals surface area contributed by atoms with Gasteiger partial charge >= 0.3 is 0 Å². The number of methoxy groups -OCH3 is 1. The maximum Gasteiger partial charge on any atom is 0.223 e. The summed E-state index contributed by atoms with van der Waals surface area (Å²) in [6, 6.07) is 8.15. The summed E-state index contributed by atoms with van der Waals surface area (Å²) in [6.45, 7) is 2.75. The van der Waals surface area contributed by atoms with Crippen LogP contribution in [0.1, 0.15) is 24.9 Å². The van der Waals surface area contributed by atoms with Gasteiger partial charge in [0.25, 0.3) is 0 Å². The van der Waals surface area contributed by atoms with Gasteiger partial charge in [-0.05, 0) is 24.6 Å². The highest BCUT2D eigenvalue weighted by molar-refractivity contribution is 5.75. The molecule has 1 N–H and O–H groups in total. The molecule has 18 heavy (non-hydrogen) atoms. The number of ether oxygens (including phenoxy) is 1. The van der Waals surface area contributed by atoms with E-state index >= 15 is 0 Å². The van der Waals surface area contributed by atoms with Crippen LogP contribution in [0.25, 0.3) is 0 Å². The zero-order chi connectivity index (χ0) is 13.5. The first-order chi connectivity index (χ1) is 8.54. The molecule has 1 amide bonds. The molecule has 100 valence electrons. The molecule has 1 aromatic carbocycles. The molecule has 0 saturated carbocycles. The molecule has 0 fully saturated rings. The highest BCUT2D eigenvalue weighted by Crippen LogP contribution is 2.18. The lowest BCUT2D eigenvalue weighted by molar-refractivity contribution is -0.128. The molecule has 0 saturated heterocycles. The lowest BCUT2D eigenvalue weighted by Crippen LogP contribution is -2.28. The Morgan fingerprint density at radius 2 is 2.17 bits per heavy atom. The summed E-state index contributed by atoms with van der Waals surface area (Å²) in [5.74, 6) is 0.992. The molecular weight excluding hydrogens is 228 g/mol. The van der Waals surface area contributed by atoms with E-state index in [1.165, 1.54) is 0 Å². The van der Waals surface area contributed by atoms with Crippen LogP contribution in [-0.4, -0.2) is 38.6 Å². The molecule has 4 nitrogen and oxygen atoms in total. The summed E-state index contributed by atoms with van der Waals surface area (Å²) in [5.41, 5.74) is 1.16. The van der Waals surface area contributed by atoms with Crippen molar-refractivity contribution in [3.63, 3.8) is 0 Å². The Balaban J connectivity index is 2.45. The lowest BCUT2D eigenvalue weighted by atomic mass is 10.1. The quantitative estimate of drug-likeness (QED) is 0.837. The van der Waals surface area contributed by atoms with E-state index in [1.54, 1.807) is 26.1 Å². The van der Waals surface area contributed by atoms with E-state index in [2.05, 4.69) is 12.2 Å². The molecule has 0 heterocycles. The van der Waals surface area contributed by atoms with Crippen LogP contribution in [0.2, 0.25) is 0 Å². The van der Waals surface area contributed by atoms with Crippen molar-refractivity contribution < 1.29 is 9.53 Å². The minimum absolute atomic E-state index is 0.139. The first kappa shape index (κ1) is 14.5. The van der Waals surface area contributed by atoms with E-state index in [0.717, 1.165) is 11.3 Å². The molecule has 1 atom stereocenters. The molecule has 0 aliphatic heterocycles. The number of carbonyl (C=O) groups is 1. The molecule has 0 aliphatic carbocycles. The zero-order valence-corrected chi connectivity index (χ0v) is 11.6. The van der Waals surface area contributed by atoms with Gasteiger partial charge in [0, 0.05) is 33.1 Å². The molecule has 0 spiro atoms. The van der Waals surface area contributed by atoms with Crippen LogP contribution in [0.3, 0.4) is 0 Å².